The Morgan fingerprint density at radius 1 is 0.833 bits per heavy atom. The van der Waals surface area contributed by atoms with Crippen LogP contribution < -0.4 is 4.74 Å². The zero-order chi connectivity index (χ0) is 22.4. The van der Waals surface area contributed by atoms with E-state index in [9.17, 15) is 10.5 Å². The van der Waals surface area contributed by atoms with Gasteiger partial charge in [0.15, 0.2) is 0 Å². The van der Waals surface area contributed by atoms with E-state index in [4.69, 9.17) is 4.74 Å². The van der Waals surface area contributed by atoms with Crippen LogP contribution >= 0.6 is 31.9 Å². The quantitative estimate of drug-likeness (QED) is 0.209. The van der Waals surface area contributed by atoms with Crippen LogP contribution in [0.3, 0.4) is 0 Å². The molecule has 1 aromatic rings. The van der Waals surface area contributed by atoms with Gasteiger partial charge in [-0.05, 0) is 63.5 Å². The number of nitrogens with zero attached hydrogens (tertiary/aromatic N) is 2. The summed E-state index contributed by atoms with van der Waals surface area (Å²) in [5, 5.41) is 18.7. The van der Waals surface area contributed by atoms with Crippen LogP contribution in [0.5, 0.6) is 5.75 Å². The first kappa shape index (κ1) is 27.0. The number of ether oxygens (including phenoxy) is 1. The highest BCUT2D eigenvalue weighted by atomic mass is 79.9. The number of unbranched alkanes of at least 4 members (excludes halogenated alkanes) is 7. The van der Waals surface area contributed by atoms with Crippen LogP contribution in [0.25, 0.3) is 0 Å². The molecule has 0 aliphatic heterocycles. The Balaban J connectivity index is 2.71. The average molecular weight is 540 g/mol. The van der Waals surface area contributed by atoms with Crippen molar-refractivity contribution >= 4 is 31.9 Å². The number of hydrogen-bond donors (Lipinski definition) is 0. The molecule has 1 unspecified atom stereocenters. The van der Waals surface area contributed by atoms with Gasteiger partial charge >= 0.3 is 0 Å². The normalized spacial score (nSPS) is 11.9. The average Bonchev–Trinajstić information content (AvgIpc) is 2.72. The maximum Gasteiger partial charge on any atom is 0.136 e. The number of benzene rings is 1. The summed E-state index contributed by atoms with van der Waals surface area (Å²) in [6.45, 7) is 6.76. The molecule has 30 heavy (non-hydrogen) atoms. The maximum atomic E-state index is 9.41. The summed E-state index contributed by atoms with van der Waals surface area (Å²) in [5.74, 6) is 1.33. The molecule has 0 aliphatic carbocycles. The molecule has 0 amide bonds. The van der Waals surface area contributed by atoms with Gasteiger partial charge in [0.05, 0.1) is 26.2 Å². The largest absolute Gasteiger partial charge is 0.489 e. The lowest BCUT2D eigenvalue weighted by Crippen LogP contribution is -2.17. The summed E-state index contributed by atoms with van der Waals surface area (Å²) < 4.78 is 7.67. The minimum Gasteiger partial charge on any atom is -0.489 e. The third-order valence-corrected chi connectivity index (χ3v) is 7.50. The molecule has 0 spiro atoms. The molecule has 0 bridgehead atoms. The molecule has 1 atom stereocenters. The second kappa shape index (κ2) is 15.7. The zero-order valence-electron chi connectivity index (χ0n) is 18.8. The lowest BCUT2D eigenvalue weighted by Gasteiger charge is -2.21. The van der Waals surface area contributed by atoms with Crippen LogP contribution in [0, 0.1) is 28.6 Å². The minimum absolute atomic E-state index is 0.131. The zero-order valence-corrected chi connectivity index (χ0v) is 21.9. The van der Waals surface area contributed by atoms with Gasteiger partial charge in [-0.2, -0.15) is 10.5 Å². The highest BCUT2D eigenvalue weighted by Crippen LogP contribution is 2.38. The molecule has 3 nitrogen and oxygen atoms in total. The molecule has 0 radical (unpaired) electrons. The van der Waals surface area contributed by atoms with Crippen LogP contribution in [0.2, 0.25) is 0 Å². The van der Waals surface area contributed by atoms with Crippen molar-refractivity contribution in [2.24, 2.45) is 5.92 Å². The van der Waals surface area contributed by atoms with E-state index in [1.54, 1.807) is 6.07 Å². The summed E-state index contributed by atoms with van der Waals surface area (Å²) in [7, 11) is 0. The molecule has 0 aromatic heterocycles. The summed E-state index contributed by atoms with van der Waals surface area (Å²) >= 11 is 6.99. The summed E-state index contributed by atoms with van der Waals surface area (Å²) in [6.07, 6.45) is 14.9. The smallest absolute Gasteiger partial charge is 0.136 e. The van der Waals surface area contributed by atoms with Crippen molar-refractivity contribution in [1.82, 2.24) is 0 Å². The summed E-state index contributed by atoms with van der Waals surface area (Å²) in [5.41, 5.74) is 0.687. The fourth-order valence-electron chi connectivity index (χ4n) is 3.59. The van der Waals surface area contributed by atoms with Crippen molar-refractivity contribution in [2.75, 3.05) is 0 Å². The van der Waals surface area contributed by atoms with Gasteiger partial charge in [0, 0.05) is 6.07 Å². The topological polar surface area (TPSA) is 56.8 Å². The van der Waals surface area contributed by atoms with Crippen LogP contribution in [-0.2, 0) is 0 Å². The molecule has 0 aliphatic rings. The second-order valence-electron chi connectivity index (χ2n) is 8.48. The molecular weight excluding hydrogens is 504 g/mol. The first-order chi connectivity index (χ1) is 14.4. The Hall–Kier alpha value is -1.04. The third-order valence-electron chi connectivity index (χ3n) is 5.39. The predicted octanol–water partition coefficient (Wildman–Crippen LogP) is 9.06. The van der Waals surface area contributed by atoms with Gasteiger partial charge in [-0.1, -0.05) is 72.1 Å². The van der Waals surface area contributed by atoms with Gasteiger partial charge in [-0.3, -0.25) is 0 Å². The second-order valence-corrected chi connectivity index (χ2v) is 10.1. The molecule has 5 heteroatoms. The fourth-order valence-corrected chi connectivity index (χ4v) is 4.49. The van der Waals surface area contributed by atoms with Crippen LogP contribution in [0.15, 0.2) is 15.0 Å². The van der Waals surface area contributed by atoms with Gasteiger partial charge in [0.1, 0.15) is 17.9 Å². The van der Waals surface area contributed by atoms with Gasteiger partial charge in [-0.15, -0.1) is 0 Å². The van der Waals surface area contributed by atoms with E-state index in [0.717, 1.165) is 19.3 Å². The van der Waals surface area contributed by atoms with Gasteiger partial charge < -0.3 is 4.74 Å². The number of rotatable bonds is 15. The number of nitriles is 2. The van der Waals surface area contributed by atoms with Gasteiger partial charge in [0.2, 0.25) is 0 Å². The first-order valence-electron chi connectivity index (χ1n) is 11.4. The van der Waals surface area contributed by atoms with E-state index < -0.39 is 0 Å². The Morgan fingerprint density at radius 2 is 1.43 bits per heavy atom. The van der Waals surface area contributed by atoms with Crippen molar-refractivity contribution in [3.8, 4) is 17.9 Å². The van der Waals surface area contributed by atoms with E-state index in [1.807, 2.05) is 0 Å². The van der Waals surface area contributed by atoms with E-state index in [1.165, 1.54) is 57.8 Å². The Labute approximate surface area is 200 Å². The Morgan fingerprint density at radius 3 is 2.00 bits per heavy atom. The van der Waals surface area contributed by atoms with Crippen molar-refractivity contribution in [1.29, 1.82) is 10.5 Å². The summed E-state index contributed by atoms with van der Waals surface area (Å²) in [4.78, 5) is 0. The van der Waals surface area contributed by atoms with Crippen LogP contribution in [0.1, 0.15) is 109 Å². The van der Waals surface area contributed by atoms with E-state index in [2.05, 4.69) is 64.8 Å². The highest BCUT2D eigenvalue weighted by Gasteiger charge is 2.19. The molecule has 0 heterocycles. The molecule has 166 valence electrons. The van der Waals surface area contributed by atoms with E-state index in [-0.39, 0.29) is 6.10 Å². The Kier molecular flexibility index (Phi) is 14.1. The first-order valence-corrected chi connectivity index (χ1v) is 13.0. The third kappa shape index (κ3) is 9.84. The minimum atomic E-state index is 0.131. The SMILES string of the molecule is CCCCCCCCCCC(CCCC(C)C)Oc1cc(C#N)c(C#N)c(Br)c1Br. The van der Waals surface area contributed by atoms with Crippen LogP contribution in [0.4, 0.5) is 0 Å². The standard InChI is InChI=1S/C25H36Br2N2O/c1-4-5-6-7-8-9-10-11-14-21(15-12-13-19(2)3)30-23-16-20(17-28)22(18-29)24(26)25(23)27/h16,19,21H,4-15H2,1-3H3. The predicted molar refractivity (Wildman–Crippen MR) is 132 cm³/mol. The lowest BCUT2D eigenvalue weighted by molar-refractivity contribution is 0.170. The van der Waals surface area contributed by atoms with Crippen molar-refractivity contribution < 1.29 is 4.74 Å². The molecule has 0 fully saturated rings. The van der Waals surface area contributed by atoms with E-state index >= 15 is 0 Å². The van der Waals surface area contributed by atoms with E-state index in [0.29, 0.717) is 31.7 Å². The maximum absolute atomic E-state index is 9.41. The van der Waals surface area contributed by atoms with Gasteiger partial charge in [0.25, 0.3) is 0 Å². The fraction of sp³-hybridized carbons (Fsp3) is 0.680. The molecule has 0 saturated heterocycles. The van der Waals surface area contributed by atoms with Crippen molar-refractivity contribution in [3.63, 3.8) is 0 Å². The van der Waals surface area contributed by atoms with Crippen molar-refractivity contribution in [3.05, 3.63) is 26.1 Å². The number of hydrogen-bond acceptors (Lipinski definition) is 3. The molecule has 1 aromatic carbocycles. The monoisotopic (exact) mass is 538 g/mol. The van der Waals surface area contributed by atoms with Crippen molar-refractivity contribution in [2.45, 2.75) is 104 Å². The Bertz CT molecular complexity index is 719. The number of halogens is 2. The lowest BCUT2D eigenvalue weighted by atomic mass is 10.00. The molecule has 0 saturated carbocycles. The molecule has 1 rings (SSSR count). The van der Waals surface area contributed by atoms with Crippen LogP contribution in [-0.4, -0.2) is 6.10 Å². The highest BCUT2D eigenvalue weighted by molar-refractivity contribution is 9.13. The summed E-state index contributed by atoms with van der Waals surface area (Å²) in [6, 6.07) is 5.90. The molecular formula is C25H36Br2N2O. The van der Waals surface area contributed by atoms with Gasteiger partial charge in [-0.25, -0.2) is 0 Å². The molecule has 0 N–H and O–H groups in total.